The van der Waals surface area contributed by atoms with Gasteiger partial charge in [-0.15, -0.1) is 10.2 Å². The molecule has 3 rings (SSSR count). The zero-order valence-corrected chi connectivity index (χ0v) is 9.93. The summed E-state index contributed by atoms with van der Waals surface area (Å²) in [5.41, 5.74) is 1.04. The van der Waals surface area contributed by atoms with Crippen LogP contribution in [0.15, 0.2) is 65.0 Å². The molecule has 0 aliphatic carbocycles. The Morgan fingerprint density at radius 1 is 0.947 bits per heavy atom. The highest BCUT2D eigenvalue weighted by atomic mass is 16.3. The van der Waals surface area contributed by atoms with Crippen molar-refractivity contribution in [2.75, 3.05) is 0 Å². The Morgan fingerprint density at radius 2 is 1.79 bits per heavy atom. The number of hydrogen-bond donors (Lipinski definition) is 1. The molecule has 1 aromatic carbocycles. The number of hydrogen-bond acceptors (Lipinski definition) is 5. The molecular weight excluding hydrogens is 240 g/mol. The summed E-state index contributed by atoms with van der Waals surface area (Å²) in [5, 5.41) is 18.6. The maximum atomic E-state index is 9.80. The molecule has 5 heteroatoms. The number of nitrogens with zero attached hydrogens (tertiary/aromatic N) is 4. The number of azo groups is 1. The maximum absolute atomic E-state index is 9.80. The molecule has 0 fully saturated rings. The van der Waals surface area contributed by atoms with Gasteiger partial charge in [0.2, 0.25) is 5.88 Å². The van der Waals surface area contributed by atoms with Crippen molar-refractivity contribution in [1.82, 2.24) is 9.97 Å². The van der Waals surface area contributed by atoms with E-state index in [1.165, 1.54) is 0 Å². The largest absolute Gasteiger partial charge is 0.492 e. The number of rotatable bonds is 2. The van der Waals surface area contributed by atoms with Gasteiger partial charge in [0.05, 0.1) is 5.52 Å². The molecule has 2 aromatic heterocycles. The summed E-state index contributed by atoms with van der Waals surface area (Å²) in [6, 6.07) is 14.6. The van der Waals surface area contributed by atoms with Gasteiger partial charge in [-0.2, -0.15) is 0 Å². The van der Waals surface area contributed by atoms with E-state index in [9.17, 15) is 5.11 Å². The molecule has 0 atom stereocenters. The second kappa shape index (κ2) is 4.81. The number of pyridine rings is 2. The Balaban J connectivity index is 2.01. The van der Waals surface area contributed by atoms with Gasteiger partial charge < -0.3 is 5.11 Å². The van der Waals surface area contributed by atoms with Crippen LogP contribution in [0.3, 0.4) is 0 Å². The molecule has 0 bridgehead atoms. The molecule has 0 radical (unpaired) electrons. The van der Waals surface area contributed by atoms with Crippen LogP contribution in [0.25, 0.3) is 10.9 Å². The van der Waals surface area contributed by atoms with Crippen molar-refractivity contribution in [3.8, 4) is 5.88 Å². The Hall–Kier alpha value is -2.82. The summed E-state index contributed by atoms with van der Waals surface area (Å²) in [7, 11) is 0. The van der Waals surface area contributed by atoms with Crippen molar-refractivity contribution < 1.29 is 5.11 Å². The van der Waals surface area contributed by atoms with E-state index in [1.807, 2.05) is 30.3 Å². The molecule has 1 N–H and O–H groups in total. The van der Waals surface area contributed by atoms with Gasteiger partial charge in [0.15, 0.2) is 5.82 Å². The topological polar surface area (TPSA) is 70.7 Å². The van der Waals surface area contributed by atoms with Crippen LogP contribution in [0.4, 0.5) is 11.5 Å². The number of fused-ring (bicyclic) bond motifs is 1. The normalized spacial score (nSPS) is 11.2. The molecule has 0 aliphatic rings. The molecule has 92 valence electrons. The van der Waals surface area contributed by atoms with Crippen LogP contribution < -0.4 is 0 Å². The molecule has 0 saturated heterocycles. The van der Waals surface area contributed by atoms with Crippen molar-refractivity contribution in [2.45, 2.75) is 0 Å². The van der Waals surface area contributed by atoms with Gasteiger partial charge in [-0.25, -0.2) is 9.97 Å². The minimum Gasteiger partial charge on any atom is -0.492 e. The van der Waals surface area contributed by atoms with Gasteiger partial charge in [0, 0.05) is 11.6 Å². The molecule has 0 unspecified atom stereocenters. The number of aromatic nitrogens is 2. The lowest BCUT2D eigenvalue weighted by atomic mass is 10.2. The van der Waals surface area contributed by atoms with E-state index in [-0.39, 0.29) is 5.88 Å². The minimum atomic E-state index is -0.140. The van der Waals surface area contributed by atoms with Gasteiger partial charge in [0.1, 0.15) is 5.69 Å². The van der Waals surface area contributed by atoms with Crippen LogP contribution in [0.2, 0.25) is 0 Å². The molecule has 3 aromatic rings. The van der Waals surface area contributed by atoms with Gasteiger partial charge in [0.25, 0.3) is 0 Å². The first-order valence-corrected chi connectivity index (χ1v) is 5.74. The van der Waals surface area contributed by atoms with Crippen LogP contribution >= 0.6 is 0 Å². The lowest BCUT2D eigenvalue weighted by Gasteiger charge is -2.00. The van der Waals surface area contributed by atoms with E-state index >= 15 is 0 Å². The van der Waals surface area contributed by atoms with Crippen LogP contribution in [-0.2, 0) is 0 Å². The number of benzene rings is 1. The maximum Gasteiger partial charge on any atom is 0.240 e. The summed E-state index contributed by atoms with van der Waals surface area (Å²) < 4.78 is 0. The summed E-state index contributed by atoms with van der Waals surface area (Å²) in [6.45, 7) is 0. The SMILES string of the molecule is Oc1nc2ccccc2cc1/N=N/c1ccccn1. The zero-order valence-electron chi connectivity index (χ0n) is 9.93. The predicted octanol–water partition coefficient (Wildman–Crippen LogP) is 3.75. The van der Waals surface area contributed by atoms with Crippen molar-refractivity contribution in [3.63, 3.8) is 0 Å². The Morgan fingerprint density at radius 3 is 2.63 bits per heavy atom. The second-order valence-electron chi connectivity index (χ2n) is 3.91. The zero-order chi connectivity index (χ0) is 13.1. The fourth-order valence-electron chi connectivity index (χ4n) is 1.69. The Bertz CT molecular complexity index is 741. The molecule has 5 nitrogen and oxygen atoms in total. The van der Waals surface area contributed by atoms with E-state index in [0.717, 1.165) is 10.9 Å². The van der Waals surface area contributed by atoms with Crippen LogP contribution in [0.5, 0.6) is 5.88 Å². The van der Waals surface area contributed by atoms with E-state index in [0.29, 0.717) is 11.5 Å². The summed E-state index contributed by atoms with van der Waals surface area (Å²) >= 11 is 0. The first-order chi connectivity index (χ1) is 9.33. The molecular formula is C14H10N4O. The third kappa shape index (κ3) is 2.40. The van der Waals surface area contributed by atoms with Crippen LogP contribution in [0, 0.1) is 0 Å². The van der Waals surface area contributed by atoms with Crippen molar-refractivity contribution in [3.05, 3.63) is 54.7 Å². The molecule has 0 aliphatic heterocycles. The number of para-hydroxylation sites is 1. The lowest BCUT2D eigenvalue weighted by Crippen LogP contribution is -1.79. The van der Waals surface area contributed by atoms with E-state index in [1.54, 1.807) is 24.4 Å². The molecule has 19 heavy (non-hydrogen) atoms. The molecule has 0 amide bonds. The highest BCUT2D eigenvalue weighted by molar-refractivity contribution is 5.82. The standard InChI is InChI=1S/C14H10N4O/c19-14-12(17-18-13-7-3-4-8-15-13)9-10-5-1-2-6-11(10)16-14/h1-9H,(H,16,19)/b18-17+. The van der Waals surface area contributed by atoms with Crippen LogP contribution in [-0.4, -0.2) is 15.1 Å². The van der Waals surface area contributed by atoms with Crippen molar-refractivity contribution in [1.29, 1.82) is 0 Å². The fraction of sp³-hybridized carbons (Fsp3) is 0. The van der Waals surface area contributed by atoms with Crippen molar-refractivity contribution in [2.24, 2.45) is 10.2 Å². The third-order valence-corrected chi connectivity index (χ3v) is 2.59. The minimum absolute atomic E-state index is 0.140. The van der Waals surface area contributed by atoms with Crippen LogP contribution in [0.1, 0.15) is 0 Å². The highest BCUT2D eigenvalue weighted by Gasteiger charge is 2.04. The third-order valence-electron chi connectivity index (χ3n) is 2.59. The first-order valence-electron chi connectivity index (χ1n) is 5.74. The smallest absolute Gasteiger partial charge is 0.240 e. The molecule has 2 heterocycles. The van der Waals surface area contributed by atoms with Gasteiger partial charge in [-0.05, 0) is 24.3 Å². The second-order valence-corrected chi connectivity index (χ2v) is 3.91. The summed E-state index contributed by atoms with van der Waals surface area (Å²) in [6.07, 6.45) is 1.63. The van der Waals surface area contributed by atoms with E-state index in [4.69, 9.17) is 0 Å². The quantitative estimate of drug-likeness (QED) is 0.704. The summed E-state index contributed by atoms with van der Waals surface area (Å²) in [5.74, 6) is 0.341. The highest BCUT2D eigenvalue weighted by Crippen LogP contribution is 2.29. The Labute approximate surface area is 109 Å². The lowest BCUT2D eigenvalue weighted by molar-refractivity contribution is 0.457. The van der Waals surface area contributed by atoms with Crippen molar-refractivity contribution >= 4 is 22.4 Å². The van der Waals surface area contributed by atoms with E-state index < -0.39 is 0 Å². The Kier molecular flexibility index (Phi) is 2.86. The predicted molar refractivity (Wildman–Crippen MR) is 71.8 cm³/mol. The molecule has 0 spiro atoms. The van der Waals surface area contributed by atoms with Gasteiger partial charge >= 0.3 is 0 Å². The van der Waals surface area contributed by atoms with Gasteiger partial charge in [-0.1, -0.05) is 24.3 Å². The monoisotopic (exact) mass is 250 g/mol. The average Bonchev–Trinajstić information content (AvgIpc) is 2.46. The first kappa shape index (κ1) is 11.3. The summed E-state index contributed by atoms with van der Waals surface area (Å²) in [4.78, 5) is 8.09. The molecule has 0 saturated carbocycles. The fourth-order valence-corrected chi connectivity index (χ4v) is 1.69. The number of aromatic hydroxyl groups is 1. The van der Waals surface area contributed by atoms with E-state index in [2.05, 4.69) is 20.2 Å². The average molecular weight is 250 g/mol. The van der Waals surface area contributed by atoms with Gasteiger partial charge in [-0.3, -0.25) is 0 Å².